The molecule has 0 saturated heterocycles. The largest absolute Gasteiger partial charge is 0.462 e. The van der Waals surface area contributed by atoms with Gasteiger partial charge in [-0.15, -0.1) is 11.3 Å². The molecule has 4 nitrogen and oxygen atoms in total. The lowest BCUT2D eigenvalue weighted by molar-refractivity contribution is -0.127. The number of amides is 1. The summed E-state index contributed by atoms with van der Waals surface area (Å²) in [5.74, 6) is 3.09. The van der Waals surface area contributed by atoms with Crippen LogP contribution < -0.4 is 5.32 Å². The zero-order valence-corrected chi connectivity index (χ0v) is 16.7. The van der Waals surface area contributed by atoms with E-state index in [-0.39, 0.29) is 17.3 Å². The highest BCUT2D eigenvalue weighted by Gasteiger charge is 2.61. The van der Waals surface area contributed by atoms with Crippen LogP contribution >= 0.6 is 11.3 Å². The first kappa shape index (κ1) is 16.6. The van der Waals surface area contributed by atoms with E-state index in [1.54, 1.807) is 11.3 Å². The van der Waals surface area contributed by atoms with Crippen molar-refractivity contribution in [2.45, 2.75) is 70.1 Å². The molecule has 1 heterocycles. The number of nitrogens with one attached hydrogen (secondary N) is 1. The Bertz CT molecular complexity index is 829. The van der Waals surface area contributed by atoms with Gasteiger partial charge >= 0.3 is 5.97 Å². The first-order valence-corrected chi connectivity index (χ1v) is 11.6. The molecule has 6 bridgehead atoms. The van der Waals surface area contributed by atoms with Crippen LogP contribution in [0.2, 0.25) is 0 Å². The Kier molecular flexibility index (Phi) is 3.43. The zero-order chi connectivity index (χ0) is 18.3. The van der Waals surface area contributed by atoms with E-state index < -0.39 is 0 Å². The molecule has 5 fully saturated rings. The highest BCUT2D eigenvalue weighted by atomic mass is 32.1. The van der Waals surface area contributed by atoms with E-state index in [2.05, 4.69) is 5.32 Å². The topological polar surface area (TPSA) is 55.4 Å². The molecular formula is C22H27NO3S. The van der Waals surface area contributed by atoms with E-state index in [1.807, 2.05) is 6.92 Å². The summed E-state index contributed by atoms with van der Waals surface area (Å²) in [6.07, 6.45) is 9.50. The van der Waals surface area contributed by atoms with E-state index in [4.69, 9.17) is 4.74 Å². The number of hydrogen-bond acceptors (Lipinski definition) is 4. The molecule has 5 saturated carbocycles. The lowest BCUT2D eigenvalue weighted by Gasteiger charge is -2.31. The third-order valence-corrected chi connectivity index (χ3v) is 9.62. The predicted octanol–water partition coefficient (Wildman–Crippen LogP) is 5.05. The number of esters is 1. The molecule has 6 aliphatic carbocycles. The second-order valence-corrected chi connectivity index (χ2v) is 10.7. The standard InChI is InChI=1S/C22H27NO3S/c1-2-26-20(24)17-16-13-3-4-14(8-13)18(16)27-19(17)23-21(25)22-9-11-5-12(10-22)7-15(22)6-11/h11-15H,2-10H2,1H3,(H,23,25). The number of ether oxygens (including phenoxy) is 1. The van der Waals surface area contributed by atoms with Gasteiger partial charge in [-0.05, 0) is 93.4 Å². The van der Waals surface area contributed by atoms with Crippen LogP contribution in [-0.2, 0) is 9.53 Å². The monoisotopic (exact) mass is 385 g/mol. The molecule has 6 aliphatic rings. The second-order valence-electron chi connectivity index (χ2n) is 9.67. The van der Waals surface area contributed by atoms with Crippen LogP contribution in [0.15, 0.2) is 0 Å². The van der Waals surface area contributed by atoms with E-state index in [0.29, 0.717) is 29.9 Å². The fourth-order valence-corrected chi connectivity index (χ4v) is 8.96. The Morgan fingerprint density at radius 3 is 2.59 bits per heavy atom. The first-order valence-electron chi connectivity index (χ1n) is 10.7. The molecule has 0 aromatic carbocycles. The van der Waals surface area contributed by atoms with Crippen molar-refractivity contribution in [3.63, 3.8) is 0 Å². The van der Waals surface area contributed by atoms with Crippen molar-refractivity contribution in [3.05, 3.63) is 16.0 Å². The minimum Gasteiger partial charge on any atom is -0.462 e. The number of carbonyl (C=O) groups is 2. The zero-order valence-electron chi connectivity index (χ0n) is 15.9. The van der Waals surface area contributed by atoms with Crippen LogP contribution in [0, 0.1) is 23.2 Å². The molecule has 1 aromatic rings. The van der Waals surface area contributed by atoms with E-state index in [9.17, 15) is 9.59 Å². The lowest BCUT2D eigenvalue weighted by Crippen LogP contribution is -2.37. The normalized spacial score (nSPS) is 39.8. The highest BCUT2D eigenvalue weighted by Crippen LogP contribution is 2.66. The van der Waals surface area contributed by atoms with Crippen LogP contribution in [0.5, 0.6) is 0 Å². The molecule has 0 spiro atoms. The lowest BCUT2D eigenvalue weighted by atomic mass is 9.75. The smallest absolute Gasteiger partial charge is 0.341 e. The number of carbonyl (C=O) groups excluding carboxylic acids is 2. The van der Waals surface area contributed by atoms with Crippen LogP contribution in [0.3, 0.4) is 0 Å². The summed E-state index contributed by atoms with van der Waals surface area (Å²) >= 11 is 1.66. The Labute approximate surface area is 164 Å². The van der Waals surface area contributed by atoms with Gasteiger partial charge in [0.05, 0.1) is 17.6 Å². The van der Waals surface area contributed by atoms with Crippen LogP contribution in [0.4, 0.5) is 5.00 Å². The van der Waals surface area contributed by atoms with Crippen molar-refractivity contribution < 1.29 is 14.3 Å². The SMILES string of the molecule is CCOC(=O)c1c(NC(=O)C23CC4CC(CC2C4)C3)sc2c1C1CCC2C1. The molecule has 144 valence electrons. The van der Waals surface area contributed by atoms with Crippen LogP contribution in [0.1, 0.15) is 90.9 Å². The molecule has 0 aliphatic heterocycles. The van der Waals surface area contributed by atoms with Crippen molar-refractivity contribution >= 4 is 28.2 Å². The number of thiophene rings is 1. The van der Waals surface area contributed by atoms with Gasteiger partial charge in [-0.1, -0.05) is 0 Å². The quantitative estimate of drug-likeness (QED) is 0.738. The molecule has 1 N–H and O–H groups in total. The second kappa shape index (κ2) is 5.59. The minimum absolute atomic E-state index is 0.160. The predicted molar refractivity (Wildman–Crippen MR) is 104 cm³/mol. The van der Waals surface area contributed by atoms with E-state index >= 15 is 0 Å². The maximum atomic E-state index is 13.5. The van der Waals surface area contributed by atoms with Crippen molar-refractivity contribution in [1.29, 1.82) is 0 Å². The molecule has 7 rings (SSSR count). The van der Waals surface area contributed by atoms with E-state index in [1.165, 1.54) is 49.0 Å². The fraction of sp³-hybridized carbons (Fsp3) is 0.727. The third kappa shape index (κ3) is 2.15. The Hall–Kier alpha value is -1.36. The third-order valence-electron chi connectivity index (χ3n) is 8.33. The summed E-state index contributed by atoms with van der Waals surface area (Å²) in [4.78, 5) is 27.6. The maximum absolute atomic E-state index is 13.5. The highest BCUT2D eigenvalue weighted by molar-refractivity contribution is 7.17. The van der Waals surface area contributed by atoms with Crippen LogP contribution in [-0.4, -0.2) is 18.5 Å². The van der Waals surface area contributed by atoms with Gasteiger partial charge in [0.2, 0.25) is 5.91 Å². The molecule has 4 atom stereocenters. The van der Waals surface area contributed by atoms with E-state index in [0.717, 1.165) is 29.7 Å². The summed E-state index contributed by atoms with van der Waals surface area (Å²) in [5, 5.41) is 4.05. The average Bonchev–Trinajstić information content (AvgIpc) is 3.39. The fourth-order valence-electron chi connectivity index (χ4n) is 7.54. The summed E-state index contributed by atoms with van der Waals surface area (Å²) in [6, 6.07) is 0. The van der Waals surface area contributed by atoms with Crippen LogP contribution in [0.25, 0.3) is 0 Å². The summed E-state index contributed by atoms with van der Waals surface area (Å²) < 4.78 is 5.39. The molecule has 4 unspecified atom stereocenters. The summed E-state index contributed by atoms with van der Waals surface area (Å²) in [6.45, 7) is 2.22. The van der Waals surface area contributed by atoms with Gasteiger partial charge in [0.25, 0.3) is 0 Å². The summed E-state index contributed by atoms with van der Waals surface area (Å²) in [5.41, 5.74) is 1.73. The van der Waals surface area contributed by atoms with Gasteiger partial charge in [0.1, 0.15) is 5.00 Å². The molecular weight excluding hydrogens is 358 g/mol. The Morgan fingerprint density at radius 1 is 1.11 bits per heavy atom. The maximum Gasteiger partial charge on any atom is 0.341 e. The molecule has 1 amide bonds. The summed E-state index contributed by atoms with van der Waals surface area (Å²) in [7, 11) is 0. The number of rotatable bonds is 4. The molecule has 5 heteroatoms. The Balaban J connectivity index is 1.35. The Morgan fingerprint density at radius 2 is 1.85 bits per heavy atom. The van der Waals surface area contributed by atoms with Gasteiger partial charge in [-0.2, -0.15) is 0 Å². The molecule has 1 aromatic heterocycles. The van der Waals surface area contributed by atoms with Gasteiger partial charge in [0, 0.05) is 4.88 Å². The number of anilines is 1. The van der Waals surface area contributed by atoms with Gasteiger partial charge in [-0.3, -0.25) is 4.79 Å². The molecule has 27 heavy (non-hydrogen) atoms. The first-order chi connectivity index (χ1) is 13.1. The van der Waals surface area contributed by atoms with Crippen molar-refractivity contribution in [1.82, 2.24) is 0 Å². The van der Waals surface area contributed by atoms with Gasteiger partial charge in [-0.25, -0.2) is 4.79 Å². The number of hydrogen-bond donors (Lipinski definition) is 1. The van der Waals surface area contributed by atoms with Crippen molar-refractivity contribution in [2.24, 2.45) is 23.2 Å². The van der Waals surface area contributed by atoms with Gasteiger partial charge < -0.3 is 10.1 Å². The molecule has 0 radical (unpaired) electrons. The average molecular weight is 386 g/mol. The minimum atomic E-state index is -0.243. The number of fused-ring (bicyclic) bond motifs is 5. The van der Waals surface area contributed by atoms with Crippen molar-refractivity contribution in [2.75, 3.05) is 11.9 Å². The van der Waals surface area contributed by atoms with Gasteiger partial charge in [0.15, 0.2) is 0 Å². The van der Waals surface area contributed by atoms with Crippen molar-refractivity contribution in [3.8, 4) is 0 Å².